The van der Waals surface area contributed by atoms with E-state index in [9.17, 15) is 9.59 Å². The first-order chi connectivity index (χ1) is 6.58. The fourth-order valence-electron chi connectivity index (χ4n) is 1.64. The highest BCUT2D eigenvalue weighted by molar-refractivity contribution is 5.88. The predicted molar refractivity (Wildman–Crippen MR) is 51.6 cm³/mol. The van der Waals surface area contributed by atoms with Crippen LogP contribution in [0.4, 0.5) is 0 Å². The molecule has 1 atom stereocenters. The van der Waals surface area contributed by atoms with Crippen LogP contribution >= 0.6 is 0 Å². The van der Waals surface area contributed by atoms with Gasteiger partial charge in [0.05, 0.1) is 6.61 Å². The molecule has 0 bridgehead atoms. The molecule has 0 aromatic heterocycles. The van der Waals surface area contributed by atoms with Gasteiger partial charge in [-0.1, -0.05) is 6.42 Å². The number of hydrogen-bond donors (Lipinski definition) is 1. The first-order valence-corrected chi connectivity index (χ1v) is 5.07. The summed E-state index contributed by atoms with van der Waals surface area (Å²) in [5, 5.41) is 2.73. The van der Waals surface area contributed by atoms with Gasteiger partial charge in [0.25, 0.3) is 0 Å². The third-order valence-electron chi connectivity index (χ3n) is 2.47. The van der Waals surface area contributed by atoms with E-state index in [2.05, 4.69) is 5.32 Å². The fraction of sp³-hybridized carbons (Fsp3) is 0.800. The summed E-state index contributed by atoms with van der Waals surface area (Å²) < 4.78 is 4.93. The standard InChI is InChI=1S/C10H17NO3/c1-3-14-9(13)10(2)7-5-4-6-8(12)11-10/h3-7H2,1-2H3,(H,11,12). The van der Waals surface area contributed by atoms with Crippen LogP contribution in [0.25, 0.3) is 0 Å². The van der Waals surface area contributed by atoms with Gasteiger partial charge in [0.2, 0.25) is 5.91 Å². The van der Waals surface area contributed by atoms with E-state index in [1.165, 1.54) is 0 Å². The Morgan fingerprint density at radius 3 is 2.93 bits per heavy atom. The van der Waals surface area contributed by atoms with Gasteiger partial charge in [-0.2, -0.15) is 0 Å². The van der Waals surface area contributed by atoms with E-state index in [-0.39, 0.29) is 11.9 Å². The highest BCUT2D eigenvalue weighted by atomic mass is 16.5. The molecular formula is C10H17NO3. The summed E-state index contributed by atoms with van der Waals surface area (Å²) in [6.45, 7) is 3.85. The minimum absolute atomic E-state index is 0.0574. The molecule has 1 amide bonds. The molecule has 14 heavy (non-hydrogen) atoms. The lowest BCUT2D eigenvalue weighted by Gasteiger charge is -2.26. The van der Waals surface area contributed by atoms with Crippen molar-refractivity contribution in [2.24, 2.45) is 0 Å². The molecule has 1 rings (SSSR count). The van der Waals surface area contributed by atoms with Crippen molar-refractivity contribution in [2.45, 2.75) is 45.1 Å². The van der Waals surface area contributed by atoms with Crippen molar-refractivity contribution in [2.75, 3.05) is 6.61 Å². The van der Waals surface area contributed by atoms with Crippen molar-refractivity contribution in [1.29, 1.82) is 0 Å². The fourth-order valence-corrected chi connectivity index (χ4v) is 1.64. The molecule has 1 N–H and O–H groups in total. The Labute approximate surface area is 84.0 Å². The molecule has 0 spiro atoms. The molecule has 4 nitrogen and oxygen atoms in total. The molecule has 80 valence electrons. The molecule has 1 heterocycles. The zero-order valence-electron chi connectivity index (χ0n) is 8.76. The van der Waals surface area contributed by atoms with Crippen molar-refractivity contribution in [3.05, 3.63) is 0 Å². The Morgan fingerprint density at radius 1 is 1.57 bits per heavy atom. The minimum atomic E-state index is -0.816. The van der Waals surface area contributed by atoms with Gasteiger partial charge in [-0.15, -0.1) is 0 Å². The van der Waals surface area contributed by atoms with E-state index in [1.807, 2.05) is 0 Å². The molecule has 1 unspecified atom stereocenters. The van der Waals surface area contributed by atoms with Crippen LogP contribution in [-0.4, -0.2) is 24.0 Å². The second-order valence-electron chi connectivity index (χ2n) is 3.81. The van der Waals surface area contributed by atoms with Gasteiger partial charge in [0, 0.05) is 6.42 Å². The number of amides is 1. The van der Waals surface area contributed by atoms with Gasteiger partial charge >= 0.3 is 5.97 Å². The van der Waals surface area contributed by atoms with Gasteiger partial charge in [-0.3, -0.25) is 4.79 Å². The van der Waals surface area contributed by atoms with Gasteiger partial charge in [-0.25, -0.2) is 4.79 Å². The zero-order valence-corrected chi connectivity index (χ0v) is 8.76. The second kappa shape index (κ2) is 4.44. The Morgan fingerprint density at radius 2 is 2.29 bits per heavy atom. The van der Waals surface area contributed by atoms with Gasteiger partial charge in [-0.05, 0) is 26.7 Å². The smallest absolute Gasteiger partial charge is 0.331 e. The predicted octanol–water partition coefficient (Wildman–Crippen LogP) is 0.998. The van der Waals surface area contributed by atoms with Crippen molar-refractivity contribution >= 4 is 11.9 Å². The molecule has 0 aromatic rings. The Kier molecular flexibility index (Phi) is 3.49. The highest BCUT2D eigenvalue weighted by Gasteiger charge is 2.37. The van der Waals surface area contributed by atoms with Gasteiger partial charge in [0.15, 0.2) is 0 Å². The van der Waals surface area contributed by atoms with E-state index >= 15 is 0 Å². The van der Waals surface area contributed by atoms with E-state index < -0.39 is 5.54 Å². The number of ether oxygens (including phenoxy) is 1. The van der Waals surface area contributed by atoms with E-state index in [0.29, 0.717) is 19.4 Å². The molecule has 1 saturated heterocycles. The zero-order chi connectivity index (χ0) is 10.6. The number of carbonyl (C=O) groups excluding carboxylic acids is 2. The lowest BCUT2D eigenvalue weighted by molar-refractivity contribution is -0.152. The largest absolute Gasteiger partial charge is 0.464 e. The molecule has 0 aliphatic carbocycles. The first-order valence-electron chi connectivity index (χ1n) is 5.07. The van der Waals surface area contributed by atoms with Crippen LogP contribution in [0.5, 0.6) is 0 Å². The maximum atomic E-state index is 11.6. The average molecular weight is 199 g/mol. The van der Waals surface area contributed by atoms with E-state index in [1.54, 1.807) is 13.8 Å². The molecule has 0 radical (unpaired) electrons. The minimum Gasteiger partial charge on any atom is -0.464 e. The number of rotatable bonds is 2. The van der Waals surface area contributed by atoms with Crippen LogP contribution in [0.3, 0.4) is 0 Å². The molecule has 1 aliphatic heterocycles. The van der Waals surface area contributed by atoms with Crippen LogP contribution in [0, 0.1) is 0 Å². The normalized spacial score (nSPS) is 27.7. The summed E-state index contributed by atoms with van der Waals surface area (Å²) in [5.41, 5.74) is -0.816. The maximum Gasteiger partial charge on any atom is 0.331 e. The molecule has 1 fully saturated rings. The van der Waals surface area contributed by atoms with Crippen molar-refractivity contribution in [3.8, 4) is 0 Å². The third-order valence-corrected chi connectivity index (χ3v) is 2.47. The number of hydrogen-bond acceptors (Lipinski definition) is 3. The average Bonchev–Trinajstić information content (AvgIpc) is 2.28. The van der Waals surface area contributed by atoms with Crippen LogP contribution < -0.4 is 5.32 Å². The summed E-state index contributed by atoms with van der Waals surface area (Å²) in [7, 11) is 0. The Bertz CT molecular complexity index is 240. The number of nitrogens with one attached hydrogen (secondary N) is 1. The van der Waals surface area contributed by atoms with Gasteiger partial charge < -0.3 is 10.1 Å². The number of esters is 1. The maximum absolute atomic E-state index is 11.6. The lowest BCUT2D eigenvalue weighted by atomic mass is 9.96. The topological polar surface area (TPSA) is 55.4 Å². The molecule has 1 aliphatic rings. The van der Waals surface area contributed by atoms with Crippen molar-refractivity contribution < 1.29 is 14.3 Å². The highest BCUT2D eigenvalue weighted by Crippen LogP contribution is 2.20. The summed E-state index contributed by atoms with van der Waals surface area (Å²) in [6.07, 6.45) is 2.90. The van der Waals surface area contributed by atoms with E-state index in [4.69, 9.17) is 4.74 Å². The third kappa shape index (κ3) is 2.47. The lowest BCUT2D eigenvalue weighted by Crippen LogP contribution is -2.51. The second-order valence-corrected chi connectivity index (χ2v) is 3.81. The van der Waals surface area contributed by atoms with Crippen molar-refractivity contribution in [3.63, 3.8) is 0 Å². The molecular weight excluding hydrogens is 182 g/mol. The van der Waals surface area contributed by atoms with Crippen molar-refractivity contribution in [1.82, 2.24) is 5.32 Å². The summed E-state index contributed by atoms with van der Waals surface area (Å²) >= 11 is 0. The SMILES string of the molecule is CCOC(=O)C1(C)CCCCC(=O)N1. The van der Waals surface area contributed by atoms with Crippen LogP contribution in [0.15, 0.2) is 0 Å². The monoisotopic (exact) mass is 199 g/mol. The first kappa shape index (κ1) is 11.0. The Balaban J connectivity index is 2.69. The molecule has 0 aromatic carbocycles. The number of carbonyl (C=O) groups is 2. The Hall–Kier alpha value is -1.06. The van der Waals surface area contributed by atoms with Crippen LogP contribution in [0.1, 0.15) is 39.5 Å². The molecule has 0 saturated carbocycles. The summed E-state index contributed by atoms with van der Waals surface area (Å²) in [5.74, 6) is -0.381. The van der Waals surface area contributed by atoms with Crippen LogP contribution in [-0.2, 0) is 14.3 Å². The van der Waals surface area contributed by atoms with E-state index in [0.717, 1.165) is 12.8 Å². The summed E-state index contributed by atoms with van der Waals surface area (Å²) in [4.78, 5) is 22.9. The van der Waals surface area contributed by atoms with Gasteiger partial charge in [0.1, 0.15) is 5.54 Å². The quantitative estimate of drug-likeness (QED) is 0.675. The summed E-state index contributed by atoms with van der Waals surface area (Å²) in [6, 6.07) is 0. The molecule has 4 heteroatoms. The van der Waals surface area contributed by atoms with Crippen LogP contribution in [0.2, 0.25) is 0 Å².